The molecule has 0 fully saturated rings. The second kappa shape index (κ2) is 5.40. The summed E-state index contributed by atoms with van der Waals surface area (Å²) < 4.78 is 0. The van der Waals surface area contributed by atoms with Crippen molar-refractivity contribution in [3.8, 4) is 16.2 Å². The fourth-order valence-corrected chi connectivity index (χ4v) is 2.90. The van der Waals surface area contributed by atoms with Gasteiger partial charge in [0, 0.05) is 6.42 Å². The standard InChI is InChI=1S/C14H16N2O2S/c1-8-14(19-9(2)16-8)11-3-5-12(17)10(7-11)4-6-13(15)18/h3,5,7,17H,4,6H2,1-2H3,(H2,15,18). The lowest BCUT2D eigenvalue weighted by Gasteiger charge is -2.06. The summed E-state index contributed by atoms with van der Waals surface area (Å²) in [5.41, 5.74) is 7.87. The maximum Gasteiger partial charge on any atom is 0.217 e. The molecule has 1 aromatic heterocycles. The van der Waals surface area contributed by atoms with Crippen molar-refractivity contribution in [3.63, 3.8) is 0 Å². The van der Waals surface area contributed by atoms with Crippen molar-refractivity contribution in [1.29, 1.82) is 0 Å². The maximum absolute atomic E-state index is 10.8. The summed E-state index contributed by atoms with van der Waals surface area (Å²) in [5.74, 6) is -0.168. The van der Waals surface area contributed by atoms with Crippen LogP contribution in [-0.2, 0) is 11.2 Å². The van der Waals surface area contributed by atoms with Gasteiger partial charge in [0.1, 0.15) is 5.75 Å². The first-order chi connectivity index (χ1) is 8.97. The minimum atomic E-state index is -0.366. The first kappa shape index (κ1) is 13.5. The number of hydrogen-bond acceptors (Lipinski definition) is 4. The Morgan fingerprint density at radius 1 is 1.42 bits per heavy atom. The summed E-state index contributed by atoms with van der Waals surface area (Å²) in [5, 5.41) is 10.8. The monoisotopic (exact) mass is 276 g/mol. The van der Waals surface area contributed by atoms with Crippen LogP contribution in [0.5, 0.6) is 5.75 Å². The van der Waals surface area contributed by atoms with Gasteiger partial charge in [0.25, 0.3) is 0 Å². The molecule has 100 valence electrons. The third-order valence-electron chi connectivity index (χ3n) is 2.89. The number of aryl methyl sites for hydroxylation is 3. The van der Waals surface area contributed by atoms with Gasteiger partial charge in [0.15, 0.2) is 0 Å². The number of aromatic nitrogens is 1. The SMILES string of the molecule is Cc1nc(C)c(-c2ccc(O)c(CCC(N)=O)c2)s1. The van der Waals surface area contributed by atoms with Crippen LogP contribution in [0, 0.1) is 13.8 Å². The fourth-order valence-electron chi connectivity index (χ4n) is 1.98. The predicted molar refractivity (Wildman–Crippen MR) is 76.2 cm³/mol. The number of thiazole rings is 1. The number of primary amides is 1. The molecule has 0 saturated heterocycles. The smallest absolute Gasteiger partial charge is 0.217 e. The molecule has 0 bridgehead atoms. The molecule has 0 aliphatic heterocycles. The van der Waals surface area contributed by atoms with Gasteiger partial charge >= 0.3 is 0 Å². The summed E-state index contributed by atoms with van der Waals surface area (Å²) in [6.45, 7) is 3.93. The number of carbonyl (C=O) groups is 1. The summed E-state index contributed by atoms with van der Waals surface area (Å²) in [6, 6.07) is 5.42. The molecule has 0 atom stereocenters. The van der Waals surface area contributed by atoms with E-state index in [1.165, 1.54) is 0 Å². The van der Waals surface area contributed by atoms with E-state index in [-0.39, 0.29) is 18.1 Å². The van der Waals surface area contributed by atoms with Crippen LogP contribution < -0.4 is 5.73 Å². The molecule has 4 nitrogen and oxygen atoms in total. The van der Waals surface area contributed by atoms with Crippen LogP contribution in [0.2, 0.25) is 0 Å². The Morgan fingerprint density at radius 3 is 2.74 bits per heavy atom. The Labute approximate surface area is 115 Å². The molecular weight excluding hydrogens is 260 g/mol. The van der Waals surface area contributed by atoms with Gasteiger partial charge in [0.05, 0.1) is 15.6 Å². The van der Waals surface area contributed by atoms with E-state index in [1.54, 1.807) is 17.4 Å². The summed E-state index contributed by atoms with van der Waals surface area (Å²) in [6.07, 6.45) is 0.684. The van der Waals surface area contributed by atoms with Crippen molar-refractivity contribution < 1.29 is 9.90 Å². The minimum Gasteiger partial charge on any atom is -0.508 e. The zero-order chi connectivity index (χ0) is 14.0. The Hall–Kier alpha value is -1.88. The number of amides is 1. The van der Waals surface area contributed by atoms with Crippen LogP contribution in [0.25, 0.3) is 10.4 Å². The quantitative estimate of drug-likeness (QED) is 0.901. The van der Waals surface area contributed by atoms with Crippen LogP contribution >= 0.6 is 11.3 Å². The zero-order valence-corrected chi connectivity index (χ0v) is 11.8. The van der Waals surface area contributed by atoms with Gasteiger partial charge in [-0.15, -0.1) is 11.3 Å². The highest BCUT2D eigenvalue weighted by atomic mass is 32.1. The molecule has 0 saturated carbocycles. The molecule has 1 heterocycles. The molecule has 3 N–H and O–H groups in total. The highest BCUT2D eigenvalue weighted by Crippen LogP contribution is 2.32. The van der Waals surface area contributed by atoms with E-state index in [1.807, 2.05) is 26.0 Å². The normalized spacial score (nSPS) is 10.6. The Morgan fingerprint density at radius 2 is 2.16 bits per heavy atom. The second-order valence-corrected chi connectivity index (χ2v) is 5.66. The first-order valence-electron chi connectivity index (χ1n) is 6.02. The molecule has 2 aromatic rings. The first-order valence-corrected chi connectivity index (χ1v) is 6.83. The molecule has 0 aliphatic carbocycles. The van der Waals surface area contributed by atoms with E-state index >= 15 is 0 Å². The average molecular weight is 276 g/mol. The summed E-state index contributed by atoms with van der Waals surface area (Å²) in [7, 11) is 0. The van der Waals surface area contributed by atoms with Gasteiger partial charge in [-0.05, 0) is 49.6 Å². The van der Waals surface area contributed by atoms with E-state index in [2.05, 4.69) is 4.98 Å². The molecule has 2 rings (SSSR count). The van der Waals surface area contributed by atoms with Gasteiger partial charge < -0.3 is 10.8 Å². The Kier molecular flexibility index (Phi) is 3.85. The third kappa shape index (κ3) is 3.12. The predicted octanol–water partition coefficient (Wildman–Crippen LogP) is 2.55. The fraction of sp³-hybridized carbons (Fsp3) is 0.286. The van der Waals surface area contributed by atoms with E-state index in [9.17, 15) is 9.90 Å². The number of aromatic hydroxyl groups is 1. The second-order valence-electron chi connectivity index (χ2n) is 4.46. The van der Waals surface area contributed by atoms with E-state index < -0.39 is 0 Å². The van der Waals surface area contributed by atoms with Gasteiger partial charge in [-0.2, -0.15) is 0 Å². The average Bonchev–Trinajstić information content (AvgIpc) is 2.67. The van der Waals surface area contributed by atoms with Crippen LogP contribution in [0.4, 0.5) is 0 Å². The number of carbonyl (C=O) groups excluding carboxylic acids is 1. The molecular formula is C14H16N2O2S. The maximum atomic E-state index is 10.8. The summed E-state index contributed by atoms with van der Waals surface area (Å²) >= 11 is 1.62. The molecule has 0 spiro atoms. The van der Waals surface area contributed by atoms with Crippen LogP contribution in [0.15, 0.2) is 18.2 Å². The van der Waals surface area contributed by atoms with Crippen LogP contribution in [-0.4, -0.2) is 16.0 Å². The minimum absolute atomic E-state index is 0.198. The van der Waals surface area contributed by atoms with Crippen LogP contribution in [0.3, 0.4) is 0 Å². The number of phenols is 1. The van der Waals surface area contributed by atoms with Gasteiger partial charge in [0.2, 0.25) is 5.91 Å². The molecule has 0 radical (unpaired) electrons. The van der Waals surface area contributed by atoms with Crippen molar-refractivity contribution in [2.75, 3.05) is 0 Å². The van der Waals surface area contributed by atoms with Crippen molar-refractivity contribution in [2.45, 2.75) is 26.7 Å². The van der Waals surface area contributed by atoms with E-state index in [0.29, 0.717) is 6.42 Å². The molecule has 1 aromatic carbocycles. The third-order valence-corrected chi connectivity index (χ3v) is 4.01. The topological polar surface area (TPSA) is 76.2 Å². The molecule has 0 unspecified atom stereocenters. The van der Waals surface area contributed by atoms with Gasteiger partial charge in [-0.3, -0.25) is 4.79 Å². The van der Waals surface area contributed by atoms with Crippen molar-refractivity contribution >= 4 is 17.2 Å². The number of rotatable bonds is 4. The van der Waals surface area contributed by atoms with Crippen molar-refractivity contribution in [3.05, 3.63) is 34.5 Å². The lowest BCUT2D eigenvalue weighted by molar-refractivity contribution is -0.117. The Bertz CT molecular complexity index is 620. The lowest BCUT2D eigenvalue weighted by Crippen LogP contribution is -2.11. The molecule has 5 heteroatoms. The Balaban J connectivity index is 2.35. The van der Waals surface area contributed by atoms with Crippen molar-refractivity contribution in [1.82, 2.24) is 4.98 Å². The highest BCUT2D eigenvalue weighted by Gasteiger charge is 2.10. The van der Waals surface area contributed by atoms with Gasteiger partial charge in [-0.1, -0.05) is 0 Å². The molecule has 0 aliphatic rings. The number of nitrogens with zero attached hydrogens (tertiary/aromatic N) is 1. The van der Waals surface area contributed by atoms with E-state index in [4.69, 9.17) is 5.73 Å². The van der Waals surface area contributed by atoms with E-state index in [0.717, 1.165) is 26.7 Å². The largest absolute Gasteiger partial charge is 0.508 e. The van der Waals surface area contributed by atoms with Crippen LogP contribution in [0.1, 0.15) is 22.7 Å². The number of phenolic OH excluding ortho intramolecular Hbond substituents is 1. The molecule has 1 amide bonds. The number of nitrogens with two attached hydrogens (primary N) is 1. The number of hydrogen-bond donors (Lipinski definition) is 2. The highest BCUT2D eigenvalue weighted by molar-refractivity contribution is 7.15. The molecule has 19 heavy (non-hydrogen) atoms. The summed E-state index contributed by atoms with van der Waals surface area (Å²) in [4.78, 5) is 16.3. The van der Waals surface area contributed by atoms with Gasteiger partial charge in [-0.25, -0.2) is 4.98 Å². The lowest BCUT2D eigenvalue weighted by atomic mass is 10.0. The van der Waals surface area contributed by atoms with Crippen molar-refractivity contribution in [2.24, 2.45) is 5.73 Å². The zero-order valence-electron chi connectivity index (χ0n) is 10.9. The number of benzene rings is 1.